The van der Waals surface area contributed by atoms with Crippen molar-refractivity contribution in [2.24, 2.45) is 5.73 Å². The Morgan fingerprint density at radius 3 is 2.63 bits per heavy atom. The zero-order chi connectivity index (χ0) is 14.3. The van der Waals surface area contributed by atoms with Crippen molar-refractivity contribution < 1.29 is 19.8 Å². The number of aliphatic hydroxyl groups is 1. The number of primary amides is 1. The third kappa shape index (κ3) is 5.26. The van der Waals surface area contributed by atoms with Crippen LogP contribution >= 0.6 is 11.8 Å². The summed E-state index contributed by atoms with van der Waals surface area (Å²) in [6.07, 6.45) is 1.60. The van der Waals surface area contributed by atoms with Crippen LogP contribution in [0.3, 0.4) is 0 Å². The van der Waals surface area contributed by atoms with Crippen LogP contribution in [0.15, 0.2) is 5.16 Å². The summed E-state index contributed by atoms with van der Waals surface area (Å²) in [6.45, 7) is 0.245. The third-order valence-electron chi connectivity index (χ3n) is 2.31. The first-order chi connectivity index (χ1) is 9.04. The summed E-state index contributed by atoms with van der Waals surface area (Å²) in [5.74, 6) is -1.04. The van der Waals surface area contributed by atoms with Gasteiger partial charge in [-0.1, -0.05) is 11.8 Å². The first kappa shape index (κ1) is 15.4. The van der Waals surface area contributed by atoms with Crippen LogP contribution < -0.4 is 5.73 Å². The molecule has 1 aromatic heterocycles. The molecule has 0 fully saturated rings. The van der Waals surface area contributed by atoms with Gasteiger partial charge in [-0.2, -0.15) is 0 Å². The van der Waals surface area contributed by atoms with Crippen molar-refractivity contribution in [3.05, 3.63) is 5.82 Å². The van der Waals surface area contributed by atoms with E-state index in [-0.39, 0.29) is 18.3 Å². The lowest BCUT2D eigenvalue weighted by molar-refractivity contribution is -0.133. The topological polar surface area (TPSA) is 131 Å². The molecule has 1 rings (SSSR count). The summed E-state index contributed by atoms with van der Waals surface area (Å²) in [6, 6.07) is 0. The van der Waals surface area contributed by atoms with Crippen molar-refractivity contribution in [2.75, 3.05) is 5.75 Å². The van der Waals surface area contributed by atoms with Crippen LogP contribution in [0.2, 0.25) is 0 Å². The maximum absolute atomic E-state index is 10.6. The maximum atomic E-state index is 10.6. The molecule has 1 aromatic rings. The molecule has 19 heavy (non-hydrogen) atoms. The van der Waals surface area contributed by atoms with Crippen LogP contribution in [0.1, 0.15) is 25.1 Å². The standard InChI is InChI=1S/C10H16N4O4S/c11-7(16)3-1-2-4-14-8(5-15)12-13-10(14)19-6-9(17)18/h15H,1-6H2,(H2,11,16)(H,17,18). The SMILES string of the molecule is NC(=O)CCCCn1c(CO)nnc1SCC(=O)O. The smallest absolute Gasteiger partial charge is 0.313 e. The van der Waals surface area contributed by atoms with Crippen LogP contribution in [0.4, 0.5) is 0 Å². The molecule has 0 saturated heterocycles. The predicted octanol–water partition coefficient (Wildman–Crippen LogP) is -0.397. The van der Waals surface area contributed by atoms with Gasteiger partial charge < -0.3 is 20.5 Å². The van der Waals surface area contributed by atoms with Crippen LogP contribution in [0.5, 0.6) is 0 Å². The molecule has 1 heterocycles. The van der Waals surface area contributed by atoms with E-state index < -0.39 is 5.97 Å². The first-order valence-electron chi connectivity index (χ1n) is 5.70. The van der Waals surface area contributed by atoms with Crippen LogP contribution in [0, 0.1) is 0 Å². The van der Waals surface area contributed by atoms with Crippen LogP contribution in [0.25, 0.3) is 0 Å². The summed E-state index contributed by atoms with van der Waals surface area (Å²) in [4.78, 5) is 21.1. The molecule has 0 bridgehead atoms. The fourth-order valence-electron chi connectivity index (χ4n) is 1.46. The Kier molecular flexibility index (Phi) is 6.30. The molecule has 0 aliphatic rings. The highest BCUT2D eigenvalue weighted by atomic mass is 32.2. The highest BCUT2D eigenvalue weighted by Crippen LogP contribution is 2.18. The van der Waals surface area contributed by atoms with Crippen molar-refractivity contribution in [3.8, 4) is 0 Å². The number of carboxylic acids is 1. The van der Waals surface area contributed by atoms with Gasteiger partial charge in [0.1, 0.15) is 6.61 Å². The van der Waals surface area contributed by atoms with Gasteiger partial charge in [0.05, 0.1) is 5.75 Å². The second kappa shape index (κ2) is 7.74. The minimum Gasteiger partial charge on any atom is -0.481 e. The highest BCUT2D eigenvalue weighted by Gasteiger charge is 2.13. The van der Waals surface area contributed by atoms with Crippen LogP contribution in [-0.2, 0) is 22.7 Å². The Morgan fingerprint density at radius 1 is 1.32 bits per heavy atom. The van der Waals surface area contributed by atoms with Gasteiger partial charge in [0.15, 0.2) is 11.0 Å². The van der Waals surface area contributed by atoms with E-state index >= 15 is 0 Å². The Balaban J connectivity index is 2.59. The number of hydrogen-bond donors (Lipinski definition) is 3. The van der Waals surface area contributed by atoms with Crippen molar-refractivity contribution in [2.45, 2.75) is 37.6 Å². The lowest BCUT2D eigenvalue weighted by Crippen LogP contribution is -2.11. The molecule has 0 atom stereocenters. The molecule has 0 radical (unpaired) electrons. The number of unbranched alkanes of at least 4 members (excludes halogenated alkanes) is 1. The van der Waals surface area contributed by atoms with Gasteiger partial charge in [0, 0.05) is 13.0 Å². The molecule has 0 aliphatic heterocycles. The highest BCUT2D eigenvalue weighted by molar-refractivity contribution is 7.99. The lowest BCUT2D eigenvalue weighted by Gasteiger charge is -2.07. The zero-order valence-electron chi connectivity index (χ0n) is 10.3. The molecule has 4 N–H and O–H groups in total. The molecule has 106 valence electrons. The largest absolute Gasteiger partial charge is 0.481 e. The van der Waals surface area contributed by atoms with Gasteiger partial charge in [-0.25, -0.2) is 0 Å². The fourth-order valence-corrected chi connectivity index (χ4v) is 2.17. The number of aliphatic hydroxyl groups excluding tert-OH is 1. The van der Waals surface area contributed by atoms with Crippen molar-refractivity contribution in [3.63, 3.8) is 0 Å². The monoisotopic (exact) mass is 288 g/mol. The Bertz CT molecular complexity index is 449. The average Bonchev–Trinajstić information content (AvgIpc) is 2.74. The number of thioether (sulfide) groups is 1. The molecule has 0 spiro atoms. The number of aliphatic carboxylic acids is 1. The second-order valence-corrected chi connectivity index (χ2v) is 4.76. The molecular weight excluding hydrogens is 272 g/mol. The van der Waals surface area contributed by atoms with Gasteiger partial charge >= 0.3 is 5.97 Å². The molecule has 9 heteroatoms. The summed E-state index contributed by atoms with van der Waals surface area (Å²) < 4.78 is 1.66. The molecule has 1 amide bonds. The zero-order valence-corrected chi connectivity index (χ0v) is 11.1. The number of amides is 1. The Morgan fingerprint density at radius 2 is 2.05 bits per heavy atom. The van der Waals surface area contributed by atoms with Gasteiger partial charge in [-0.3, -0.25) is 9.59 Å². The summed E-state index contributed by atoms with van der Waals surface area (Å²) in [5.41, 5.74) is 5.04. The molecule has 0 unspecified atom stereocenters. The quantitative estimate of drug-likeness (QED) is 0.416. The van der Waals surface area contributed by atoms with E-state index in [4.69, 9.17) is 15.9 Å². The molecule has 0 saturated carbocycles. The van der Waals surface area contributed by atoms with E-state index in [1.807, 2.05) is 0 Å². The van der Waals surface area contributed by atoms with E-state index in [9.17, 15) is 9.59 Å². The van der Waals surface area contributed by atoms with Gasteiger partial charge in [0.25, 0.3) is 0 Å². The fraction of sp³-hybridized carbons (Fsp3) is 0.600. The molecule has 0 aliphatic carbocycles. The van der Waals surface area contributed by atoms with E-state index in [0.29, 0.717) is 36.8 Å². The first-order valence-corrected chi connectivity index (χ1v) is 6.69. The number of carbonyl (C=O) groups excluding carboxylic acids is 1. The molecule has 0 aromatic carbocycles. The minimum absolute atomic E-state index is 0.120. The second-order valence-electron chi connectivity index (χ2n) is 3.81. The molecule has 8 nitrogen and oxygen atoms in total. The van der Waals surface area contributed by atoms with E-state index in [0.717, 1.165) is 11.8 Å². The Hall–Kier alpha value is -1.61. The van der Waals surface area contributed by atoms with Crippen molar-refractivity contribution in [1.29, 1.82) is 0 Å². The number of rotatable bonds is 9. The molecular formula is C10H16N4O4S. The number of nitrogens with two attached hydrogens (primary N) is 1. The number of carbonyl (C=O) groups is 2. The number of aromatic nitrogens is 3. The predicted molar refractivity (Wildman–Crippen MR) is 67.4 cm³/mol. The summed E-state index contributed by atoms with van der Waals surface area (Å²) in [7, 11) is 0. The normalized spacial score (nSPS) is 10.6. The van der Waals surface area contributed by atoms with Gasteiger partial charge in [-0.15, -0.1) is 10.2 Å². The number of nitrogens with zero attached hydrogens (tertiary/aromatic N) is 3. The van der Waals surface area contributed by atoms with Gasteiger partial charge in [0.2, 0.25) is 5.91 Å². The van der Waals surface area contributed by atoms with E-state index in [1.54, 1.807) is 4.57 Å². The lowest BCUT2D eigenvalue weighted by atomic mass is 10.2. The number of carboxylic acid groups (broad SMARTS) is 1. The minimum atomic E-state index is -0.946. The number of hydrogen-bond acceptors (Lipinski definition) is 6. The van der Waals surface area contributed by atoms with E-state index in [2.05, 4.69) is 10.2 Å². The van der Waals surface area contributed by atoms with Gasteiger partial charge in [-0.05, 0) is 12.8 Å². The van der Waals surface area contributed by atoms with Crippen LogP contribution in [-0.4, -0.2) is 42.6 Å². The average molecular weight is 288 g/mol. The maximum Gasteiger partial charge on any atom is 0.313 e. The summed E-state index contributed by atoms with van der Waals surface area (Å²) in [5, 5.41) is 25.8. The summed E-state index contributed by atoms with van der Waals surface area (Å²) >= 11 is 1.04. The van der Waals surface area contributed by atoms with Crippen molar-refractivity contribution in [1.82, 2.24) is 14.8 Å². The van der Waals surface area contributed by atoms with Crippen molar-refractivity contribution >= 4 is 23.6 Å². The Labute approximate surface area is 114 Å². The van der Waals surface area contributed by atoms with E-state index in [1.165, 1.54) is 0 Å². The third-order valence-corrected chi connectivity index (χ3v) is 3.27.